The van der Waals surface area contributed by atoms with Crippen molar-refractivity contribution in [1.29, 1.82) is 0 Å². The molecule has 0 aliphatic heterocycles. The normalized spacial score (nSPS) is 13.8. The average molecular weight is 981 g/mol. The molecule has 11 nitrogen and oxygen atoms in total. The maximum absolute atomic E-state index is 12.9. The van der Waals surface area contributed by atoms with E-state index in [1.165, 1.54) is 128 Å². The van der Waals surface area contributed by atoms with E-state index in [0.717, 1.165) is 64.2 Å². The van der Waals surface area contributed by atoms with Gasteiger partial charge in [-0.2, -0.15) is 0 Å². The van der Waals surface area contributed by atoms with Crippen LogP contribution in [0.4, 0.5) is 0 Å². The molecule has 0 aromatic rings. The summed E-state index contributed by atoms with van der Waals surface area (Å²) in [6.07, 6.45) is 52.5. The van der Waals surface area contributed by atoms with Crippen molar-refractivity contribution in [3.63, 3.8) is 0 Å². The molecule has 0 radical (unpaired) electrons. The van der Waals surface area contributed by atoms with E-state index in [0.29, 0.717) is 19.3 Å². The van der Waals surface area contributed by atoms with E-state index in [9.17, 15) is 28.9 Å². The van der Waals surface area contributed by atoms with Gasteiger partial charge in [0.1, 0.15) is 12.7 Å². The van der Waals surface area contributed by atoms with Crippen LogP contribution in [0.25, 0.3) is 0 Å². The first kappa shape index (κ1) is 65.4. The van der Waals surface area contributed by atoms with E-state index in [1.807, 2.05) is 12.2 Å². The van der Waals surface area contributed by atoms with Gasteiger partial charge in [0, 0.05) is 19.3 Å². The van der Waals surface area contributed by atoms with E-state index < -0.39 is 57.8 Å². The number of ether oxygens (including phenoxy) is 3. The average Bonchev–Trinajstić information content (AvgIpc) is 3.32. The standard InChI is InChI=1S/C56H101O11P/c1-4-7-10-13-16-19-21-23-24-25-26-27-28-30-32-35-38-41-44-47-56(60)67-53(49-63-54(58)45-42-39-36-33-18-15-12-9-6-3)51-65-68(61,62)64-50-52(48-57)66-55(59)46-43-40-37-34-31-29-22-20-17-14-11-8-5-2/h8,11,17,20,29,31,37,40,52-53,57H,4-7,9-10,12-16,18-19,21-28,30,32-36,38-39,41-51H2,1-3H3,(H,61,62)/b11-8-,20-17-,31-29-,40-37-. The highest BCUT2D eigenvalue weighted by Crippen LogP contribution is 2.43. The van der Waals surface area contributed by atoms with Crippen LogP contribution in [0.3, 0.4) is 0 Å². The topological polar surface area (TPSA) is 155 Å². The molecule has 3 unspecified atom stereocenters. The molecule has 396 valence electrons. The third-order valence-electron chi connectivity index (χ3n) is 11.8. The van der Waals surface area contributed by atoms with Gasteiger partial charge in [0.15, 0.2) is 6.10 Å². The van der Waals surface area contributed by atoms with Gasteiger partial charge in [0.2, 0.25) is 0 Å². The summed E-state index contributed by atoms with van der Waals surface area (Å²) in [6, 6.07) is 0. The Kier molecular flexibility index (Phi) is 48.9. The number of hydrogen-bond acceptors (Lipinski definition) is 10. The van der Waals surface area contributed by atoms with Crippen LogP contribution in [0, 0.1) is 0 Å². The van der Waals surface area contributed by atoms with Crippen molar-refractivity contribution in [2.24, 2.45) is 0 Å². The minimum atomic E-state index is -4.75. The fourth-order valence-electron chi connectivity index (χ4n) is 7.61. The lowest BCUT2D eigenvalue weighted by Crippen LogP contribution is -2.30. The summed E-state index contributed by atoms with van der Waals surface area (Å²) < 4.78 is 39.3. The van der Waals surface area contributed by atoms with Crippen molar-refractivity contribution in [3.05, 3.63) is 48.6 Å². The van der Waals surface area contributed by atoms with Crippen LogP contribution in [-0.4, -0.2) is 66.5 Å². The summed E-state index contributed by atoms with van der Waals surface area (Å²) in [4.78, 5) is 48.3. The minimum absolute atomic E-state index is 0.0580. The number of carbonyl (C=O) groups is 3. The van der Waals surface area contributed by atoms with E-state index in [4.69, 9.17) is 23.3 Å². The van der Waals surface area contributed by atoms with E-state index in [2.05, 4.69) is 57.2 Å². The molecular weight excluding hydrogens is 880 g/mol. The summed E-state index contributed by atoms with van der Waals surface area (Å²) in [6.45, 7) is 4.45. The van der Waals surface area contributed by atoms with Crippen molar-refractivity contribution in [2.45, 2.75) is 264 Å². The number of aliphatic hydroxyl groups is 1. The number of phosphoric acid groups is 1. The zero-order valence-corrected chi connectivity index (χ0v) is 44.5. The molecule has 12 heteroatoms. The minimum Gasteiger partial charge on any atom is -0.462 e. The van der Waals surface area contributed by atoms with Gasteiger partial charge in [0.25, 0.3) is 0 Å². The van der Waals surface area contributed by atoms with Crippen LogP contribution in [-0.2, 0) is 42.2 Å². The van der Waals surface area contributed by atoms with Crippen LogP contribution in [0.1, 0.15) is 252 Å². The van der Waals surface area contributed by atoms with Gasteiger partial charge < -0.3 is 24.2 Å². The van der Waals surface area contributed by atoms with Crippen LogP contribution >= 0.6 is 7.82 Å². The predicted octanol–water partition coefficient (Wildman–Crippen LogP) is 15.8. The summed E-state index contributed by atoms with van der Waals surface area (Å²) in [5, 5.41) is 9.76. The lowest BCUT2D eigenvalue weighted by Gasteiger charge is -2.21. The Bertz CT molecular complexity index is 1330. The maximum atomic E-state index is 12.9. The molecule has 0 aliphatic carbocycles. The Balaban J connectivity index is 4.67. The first-order valence-electron chi connectivity index (χ1n) is 27.5. The van der Waals surface area contributed by atoms with Crippen LogP contribution in [0.5, 0.6) is 0 Å². The Hall–Kier alpha value is -2.56. The predicted molar refractivity (Wildman–Crippen MR) is 279 cm³/mol. The summed E-state index contributed by atoms with van der Waals surface area (Å²) in [5.41, 5.74) is 0. The molecule has 0 fully saturated rings. The van der Waals surface area contributed by atoms with Gasteiger partial charge >= 0.3 is 25.7 Å². The zero-order valence-electron chi connectivity index (χ0n) is 43.6. The highest BCUT2D eigenvalue weighted by Gasteiger charge is 2.28. The molecular formula is C56H101O11P. The Morgan fingerprint density at radius 1 is 0.426 bits per heavy atom. The largest absolute Gasteiger partial charge is 0.472 e. The lowest BCUT2D eigenvalue weighted by atomic mass is 10.0. The lowest BCUT2D eigenvalue weighted by molar-refractivity contribution is -0.161. The first-order chi connectivity index (χ1) is 33.2. The smallest absolute Gasteiger partial charge is 0.462 e. The molecule has 0 aromatic carbocycles. The number of hydrogen-bond donors (Lipinski definition) is 2. The number of phosphoric ester groups is 1. The second-order valence-electron chi connectivity index (χ2n) is 18.4. The van der Waals surface area contributed by atoms with E-state index in [-0.39, 0.29) is 25.9 Å². The second kappa shape index (κ2) is 50.8. The molecule has 2 N–H and O–H groups in total. The molecule has 0 aliphatic rings. The van der Waals surface area contributed by atoms with Crippen LogP contribution in [0.2, 0.25) is 0 Å². The fraction of sp³-hybridized carbons (Fsp3) is 0.804. The molecule has 0 heterocycles. The molecule has 0 saturated heterocycles. The molecule has 0 saturated carbocycles. The number of rotatable bonds is 51. The number of aliphatic hydroxyl groups excluding tert-OH is 1. The number of esters is 3. The zero-order chi connectivity index (χ0) is 49.9. The molecule has 0 rings (SSSR count). The quantitative estimate of drug-likeness (QED) is 0.0197. The van der Waals surface area contributed by atoms with Crippen LogP contribution < -0.4 is 0 Å². The van der Waals surface area contributed by atoms with Gasteiger partial charge in [-0.1, -0.05) is 236 Å². The molecule has 0 spiro atoms. The van der Waals surface area contributed by atoms with Gasteiger partial charge in [0.05, 0.1) is 19.8 Å². The van der Waals surface area contributed by atoms with Crippen molar-refractivity contribution in [2.75, 3.05) is 26.4 Å². The highest BCUT2D eigenvalue weighted by atomic mass is 31.2. The highest BCUT2D eigenvalue weighted by molar-refractivity contribution is 7.47. The third kappa shape index (κ3) is 48.5. The van der Waals surface area contributed by atoms with Gasteiger partial charge in [-0.25, -0.2) is 4.57 Å². The Morgan fingerprint density at radius 2 is 0.765 bits per heavy atom. The molecule has 3 atom stereocenters. The van der Waals surface area contributed by atoms with Crippen molar-refractivity contribution in [1.82, 2.24) is 0 Å². The molecule has 0 bridgehead atoms. The molecule has 0 amide bonds. The second-order valence-corrected chi connectivity index (χ2v) is 19.8. The maximum Gasteiger partial charge on any atom is 0.472 e. The number of unbranched alkanes of at least 4 members (excludes halogenated alkanes) is 26. The van der Waals surface area contributed by atoms with Crippen LogP contribution in [0.15, 0.2) is 48.6 Å². The fourth-order valence-corrected chi connectivity index (χ4v) is 8.39. The number of carbonyl (C=O) groups excluding carboxylic acids is 3. The third-order valence-corrected chi connectivity index (χ3v) is 12.7. The molecule has 68 heavy (non-hydrogen) atoms. The SMILES string of the molecule is CC/C=C\C/C=C\C/C=C\C/C=C\CCC(=O)OC(CO)COP(=O)(O)OCC(COC(=O)CCCCCCCCCCC)OC(=O)CCCCCCCCCCCCCCCCCCCCC. The summed E-state index contributed by atoms with van der Waals surface area (Å²) in [7, 11) is -4.75. The Morgan fingerprint density at radius 3 is 1.18 bits per heavy atom. The van der Waals surface area contributed by atoms with Gasteiger partial charge in [-0.3, -0.25) is 23.4 Å². The van der Waals surface area contributed by atoms with Gasteiger partial charge in [-0.05, 0) is 44.9 Å². The van der Waals surface area contributed by atoms with Crippen molar-refractivity contribution in [3.8, 4) is 0 Å². The Labute approximate surface area is 415 Å². The van der Waals surface area contributed by atoms with E-state index in [1.54, 1.807) is 0 Å². The first-order valence-corrected chi connectivity index (χ1v) is 29.0. The van der Waals surface area contributed by atoms with Crippen molar-refractivity contribution >= 4 is 25.7 Å². The number of allylic oxidation sites excluding steroid dienone is 8. The monoisotopic (exact) mass is 981 g/mol. The summed E-state index contributed by atoms with van der Waals surface area (Å²) in [5.74, 6) is -1.54. The molecule has 0 aromatic heterocycles. The summed E-state index contributed by atoms with van der Waals surface area (Å²) >= 11 is 0. The van der Waals surface area contributed by atoms with Gasteiger partial charge in [-0.15, -0.1) is 0 Å². The van der Waals surface area contributed by atoms with E-state index >= 15 is 0 Å². The van der Waals surface area contributed by atoms with Crippen molar-refractivity contribution < 1.29 is 52.2 Å².